The van der Waals surface area contributed by atoms with E-state index in [2.05, 4.69) is 28.5 Å². The smallest absolute Gasteiger partial charge is 0.122 e. The average molecular weight is 278 g/mol. The number of fused-ring (bicyclic) bond motifs is 1. The van der Waals surface area contributed by atoms with Crippen LogP contribution in [0.4, 0.5) is 0 Å². The highest BCUT2D eigenvalue weighted by Gasteiger charge is 2.04. The van der Waals surface area contributed by atoms with Gasteiger partial charge in [0.2, 0.25) is 0 Å². The number of rotatable bonds is 4. The van der Waals surface area contributed by atoms with Crippen molar-refractivity contribution in [3.05, 3.63) is 71.4 Å². The summed E-state index contributed by atoms with van der Waals surface area (Å²) in [5, 5.41) is 14.5. The normalized spacial score (nSPS) is 10.9. The third-order valence-corrected chi connectivity index (χ3v) is 3.67. The third-order valence-electron chi connectivity index (χ3n) is 3.67. The van der Waals surface area contributed by atoms with Crippen LogP contribution in [0.5, 0.6) is 5.75 Å². The quantitative estimate of drug-likeness (QED) is 0.767. The van der Waals surface area contributed by atoms with Gasteiger partial charge in [-0.05, 0) is 24.1 Å². The first-order valence-corrected chi connectivity index (χ1v) is 7.06. The topological polar surface area (TPSA) is 45.2 Å². The van der Waals surface area contributed by atoms with Crippen LogP contribution in [0.2, 0.25) is 0 Å². The Labute approximate surface area is 124 Å². The lowest BCUT2D eigenvalue weighted by molar-refractivity contribution is 0.460. The predicted molar refractivity (Wildman–Crippen MR) is 85.1 cm³/mol. The molecule has 0 radical (unpaired) electrons. The van der Waals surface area contributed by atoms with Gasteiger partial charge in [-0.3, -0.25) is 4.98 Å². The van der Waals surface area contributed by atoms with Crippen LogP contribution in [-0.2, 0) is 13.1 Å². The molecule has 0 aliphatic heterocycles. The molecule has 1 aromatic heterocycles. The molecule has 0 bridgehead atoms. The minimum absolute atomic E-state index is 0.376. The van der Waals surface area contributed by atoms with E-state index in [0.29, 0.717) is 12.3 Å². The van der Waals surface area contributed by atoms with Crippen LogP contribution >= 0.6 is 0 Å². The molecule has 0 unspecified atom stereocenters. The highest BCUT2D eigenvalue weighted by atomic mass is 16.3. The zero-order valence-electron chi connectivity index (χ0n) is 12.0. The number of phenols is 1. The maximum atomic E-state index is 10.0. The summed E-state index contributed by atoms with van der Waals surface area (Å²) >= 11 is 0. The van der Waals surface area contributed by atoms with Crippen LogP contribution in [0.25, 0.3) is 10.9 Å². The summed E-state index contributed by atoms with van der Waals surface area (Å²) in [6.07, 6.45) is 1.82. The van der Waals surface area contributed by atoms with Gasteiger partial charge in [0.25, 0.3) is 0 Å². The van der Waals surface area contributed by atoms with Gasteiger partial charge in [-0.1, -0.05) is 42.5 Å². The Balaban J connectivity index is 1.74. The number of nitrogens with zero attached hydrogens (tertiary/aromatic N) is 1. The Hall–Kier alpha value is -2.39. The first kappa shape index (κ1) is 13.6. The predicted octanol–water partition coefficient (Wildman–Crippen LogP) is 3.54. The molecule has 1 heterocycles. The maximum absolute atomic E-state index is 10.0. The van der Waals surface area contributed by atoms with E-state index in [9.17, 15) is 5.11 Å². The zero-order valence-corrected chi connectivity index (χ0v) is 12.0. The number of aryl methyl sites for hydroxylation is 1. The number of hydrogen-bond acceptors (Lipinski definition) is 3. The van der Waals surface area contributed by atoms with Gasteiger partial charge in [0, 0.05) is 30.2 Å². The van der Waals surface area contributed by atoms with Crippen molar-refractivity contribution < 1.29 is 5.11 Å². The summed E-state index contributed by atoms with van der Waals surface area (Å²) in [7, 11) is 0. The molecule has 106 valence electrons. The first-order chi connectivity index (χ1) is 10.3. The van der Waals surface area contributed by atoms with Crippen LogP contribution < -0.4 is 5.32 Å². The van der Waals surface area contributed by atoms with Gasteiger partial charge in [0.1, 0.15) is 5.75 Å². The van der Waals surface area contributed by atoms with E-state index in [0.717, 1.165) is 28.6 Å². The van der Waals surface area contributed by atoms with Crippen LogP contribution in [0, 0.1) is 6.92 Å². The van der Waals surface area contributed by atoms with Crippen LogP contribution in [0.15, 0.2) is 54.7 Å². The number of benzene rings is 2. The van der Waals surface area contributed by atoms with Gasteiger partial charge in [0.05, 0.1) is 5.52 Å². The fourth-order valence-corrected chi connectivity index (χ4v) is 2.50. The molecule has 3 rings (SSSR count). The Morgan fingerprint density at radius 1 is 0.952 bits per heavy atom. The molecule has 3 nitrogen and oxygen atoms in total. The SMILES string of the molecule is Cc1cccc(CNCc2cccc3cccnc23)c1O. The molecule has 0 atom stereocenters. The van der Waals surface area contributed by atoms with E-state index in [-0.39, 0.29) is 0 Å². The number of nitrogens with one attached hydrogen (secondary N) is 1. The number of hydrogen-bond donors (Lipinski definition) is 2. The fraction of sp³-hybridized carbons (Fsp3) is 0.167. The molecule has 21 heavy (non-hydrogen) atoms. The molecular formula is C18H18N2O. The molecular weight excluding hydrogens is 260 g/mol. The highest BCUT2D eigenvalue weighted by molar-refractivity contribution is 5.81. The van der Waals surface area contributed by atoms with E-state index in [1.807, 2.05) is 43.5 Å². The van der Waals surface area contributed by atoms with Gasteiger partial charge in [-0.25, -0.2) is 0 Å². The molecule has 0 saturated carbocycles. The second kappa shape index (κ2) is 5.94. The Morgan fingerprint density at radius 3 is 2.57 bits per heavy atom. The van der Waals surface area contributed by atoms with Crippen molar-refractivity contribution in [2.75, 3.05) is 0 Å². The molecule has 0 spiro atoms. The molecule has 3 heteroatoms. The molecule has 2 aromatic carbocycles. The maximum Gasteiger partial charge on any atom is 0.122 e. The molecule has 0 aliphatic rings. The van der Waals surface area contributed by atoms with Crippen molar-refractivity contribution in [2.45, 2.75) is 20.0 Å². The number of pyridine rings is 1. The van der Waals surface area contributed by atoms with Crippen LogP contribution in [-0.4, -0.2) is 10.1 Å². The van der Waals surface area contributed by atoms with Gasteiger partial charge in [-0.2, -0.15) is 0 Å². The minimum atomic E-state index is 0.376. The minimum Gasteiger partial charge on any atom is -0.507 e. The van der Waals surface area contributed by atoms with Crippen LogP contribution in [0.1, 0.15) is 16.7 Å². The zero-order chi connectivity index (χ0) is 14.7. The lowest BCUT2D eigenvalue weighted by atomic mass is 10.1. The summed E-state index contributed by atoms with van der Waals surface area (Å²) in [6, 6.07) is 16.0. The lowest BCUT2D eigenvalue weighted by Gasteiger charge is -2.10. The van der Waals surface area contributed by atoms with Crippen molar-refractivity contribution >= 4 is 10.9 Å². The summed E-state index contributed by atoms with van der Waals surface area (Å²) in [5.74, 6) is 0.376. The van der Waals surface area contributed by atoms with Crippen molar-refractivity contribution in [2.24, 2.45) is 0 Å². The molecule has 0 aliphatic carbocycles. The summed E-state index contributed by atoms with van der Waals surface area (Å²) < 4.78 is 0. The van der Waals surface area contributed by atoms with Gasteiger partial charge >= 0.3 is 0 Å². The van der Waals surface area contributed by atoms with Gasteiger partial charge in [-0.15, -0.1) is 0 Å². The second-order valence-electron chi connectivity index (χ2n) is 5.18. The van der Waals surface area contributed by atoms with Crippen molar-refractivity contribution in [1.29, 1.82) is 0 Å². The second-order valence-corrected chi connectivity index (χ2v) is 5.18. The number of phenolic OH excluding ortho intramolecular Hbond substituents is 1. The molecule has 2 N–H and O–H groups in total. The highest BCUT2D eigenvalue weighted by Crippen LogP contribution is 2.21. The van der Waals surface area contributed by atoms with E-state index in [4.69, 9.17) is 0 Å². The largest absolute Gasteiger partial charge is 0.507 e. The van der Waals surface area contributed by atoms with E-state index < -0.39 is 0 Å². The number of aromatic nitrogens is 1. The summed E-state index contributed by atoms with van der Waals surface area (Å²) in [6.45, 7) is 3.27. The number of aromatic hydroxyl groups is 1. The van der Waals surface area contributed by atoms with Crippen LogP contribution in [0.3, 0.4) is 0 Å². The van der Waals surface area contributed by atoms with Crippen molar-refractivity contribution in [3.8, 4) is 5.75 Å². The van der Waals surface area contributed by atoms with E-state index >= 15 is 0 Å². The molecule has 0 amide bonds. The molecule has 0 saturated heterocycles. The first-order valence-electron chi connectivity index (χ1n) is 7.06. The Bertz CT molecular complexity index is 763. The van der Waals surface area contributed by atoms with E-state index in [1.54, 1.807) is 0 Å². The molecule has 0 fully saturated rings. The van der Waals surface area contributed by atoms with Crippen molar-refractivity contribution in [3.63, 3.8) is 0 Å². The summed E-state index contributed by atoms with van der Waals surface area (Å²) in [4.78, 5) is 4.45. The van der Waals surface area contributed by atoms with Gasteiger partial charge in [0.15, 0.2) is 0 Å². The standard InChI is InChI=1S/C18H18N2O/c1-13-5-2-8-16(18(13)21)12-19-11-15-7-3-6-14-9-4-10-20-17(14)15/h2-10,19,21H,11-12H2,1H3. The monoisotopic (exact) mass is 278 g/mol. The van der Waals surface area contributed by atoms with Gasteiger partial charge < -0.3 is 10.4 Å². The molecule has 3 aromatic rings. The van der Waals surface area contributed by atoms with E-state index in [1.165, 1.54) is 5.56 Å². The van der Waals surface area contributed by atoms with Crippen molar-refractivity contribution in [1.82, 2.24) is 10.3 Å². The average Bonchev–Trinajstić information content (AvgIpc) is 2.52. The fourth-order valence-electron chi connectivity index (χ4n) is 2.50. The lowest BCUT2D eigenvalue weighted by Crippen LogP contribution is -2.13. The Morgan fingerprint density at radius 2 is 1.67 bits per heavy atom. The summed E-state index contributed by atoms with van der Waals surface area (Å²) in [5.41, 5.74) is 4.02. The third kappa shape index (κ3) is 2.88. The number of para-hydroxylation sites is 2. The Kier molecular flexibility index (Phi) is 3.84.